The third-order valence-corrected chi connectivity index (χ3v) is 3.32. The number of carbonyl (C=O) groups excluding carboxylic acids is 1. The van der Waals surface area contributed by atoms with E-state index in [1.807, 2.05) is 51.1 Å². The minimum absolute atomic E-state index is 0.114. The van der Waals surface area contributed by atoms with Gasteiger partial charge in [0.15, 0.2) is 0 Å². The Kier molecular flexibility index (Phi) is 6.59. The van der Waals surface area contributed by atoms with Gasteiger partial charge in [0.25, 0.3) is 0 Å². The first kappa shape index (κ1) is 17.1. The van der Waals surface area contributed by atoms with Gasteiger partial charge in [-0.25, -0.2) is 0 Å². The third-order valence-electron chi connectivity index (χ3n) is 2.13. The normalized spacial score (nSPS) is 13.9. The quantitative estimate of drug-likeness (QED) is 0.661. The average Bonchev–Trinajstić information content (AvgIpc) is 2.26. The van der Waals surface area contributed by atoms with Gasteiger partial charge in [0.05, 0.1) is 10.8 Å². The molecule has 5 heteroatoms. The highest BCUT2D eigenvalue weighted by atomic mass is 35.5. The summed E-state index contributed by atoms with van der Waals surface area (Å²) in [6.07, 6.45) is 1.78. The first-order valence-electron chi connectivity index (χ1n) is 6.34. The van der Waals surface area contributed by atoms with Crippen molar-refractivity contribution in [2.45, 2.75) is 43.7 Å². The summed E-state index contributed by atoms with van der Waals surface area (Å²) in [5.41, 5.74) is 5.38. The van der Waals surface area contributed by atoms with Gasteiger partial charge in [-0.15, -0.1) is 0 Å². The lowest BCUT2D eigenvalue weighted by atomic mass is 10.2. The van der Waals surface area contributed by atoms with E-state index in [0.717, 1.165) is 4.90 Å². The Labute approximate surface area is 129 Å². The molecule has 0 spiro atoms. The van der Waals surface area contributed by atoms with Gasteiger partial charge >= 0.3 is 5.97 Å². The Bertz CT molecular complexity index is 469. The van der Waals surface area contributed by atoms with Crippen LogP contribution in [-0.2, 0) is 9.53 Å². The van der Waals surface area contributed by atoms with Gasteiger partial charge in [-0.2, -0.15) is 0 Å². The molecule has 1 atom stereocenters. The molecule has 2 N–H and O–H groups in total. The van der Waals surface area contributed by atoms with E-state index in [-0.39, 0.29) is 12.4 Å². The SMILES string of the molecule is CC(C)(C)OC(=O)CC(N)/C=C(\Cl)Sc1ccccc1. The maximum Gasteiger partial charge on any atom is 0.308 e. The topological polar surface area (TPSA) is 52.3 Å². The van der Waals surface area contributed by atoms with Gasteiger partial charge < -0.3 is 10.5 Å². The summed E-state index contributed by atoms with van der Waals surface area (Å²) in [5.74, 6) is -0.324. The molecule has 0 fully saturated rings. The van der Waals surface area contributed by atoms with Crippen molar-refractivity contribution in [2.75, 3.05) is 0 Å². The van der Waals surface area contributed by atoms with Crippen LogP contribution in [0.3, 0.4) is 0 Å². The molecule has 0 radical (unpaired) electrons. The van der Waals surface area contributed by atoms with Crippen molar-refractivity contribution in [3.05, 3.63) is 40.8 Å². The predicted molar refractivity (Wildman–Crippen MR) is 84.7 cm³/mol. The number of halogens is 1. The molecule has 1 unspecified atom stereocenters. The van der Waals surface area contributed by atoms with Gasteiger partial charge in [0.2, 0.25) is 0 Å². The number of ether oxygens (including phenoxy) is 1. The molecule has 0 aliphatic carbocycles. The molecule has 0 aromatic heterocycles. The number of rotatable bonds is 5. The molecule has 20 heavy (non-hydrogen) atoms. The van der Waals surface area contributed by atoms with E-state index in [4.69, 9.17) is 22.1 Å². The average molecular weight is 314 g/mol. The summed E-state index contributed by atoms with van der Waals surface area (Å²) in [6.45, 7) is 5.47. The van der Waals surface area contributed by atoms with Crippen molar-refractivity contribution in [3.63, 3.8) is 0 Å². The van der Waals surface area contributed by atoms with Crippen LogP contribution in [0.4, 0.5) is 0 Å². The maximum absolute atomic E-state index is 11.6. The van der Waals surface area contributed by atoms with Crippen LogP contribution in [0.2, 0.25) is 0 Å². The lowest BCUT2D eigenvalue weighted by Gasteiger charge is -2.20. The molecule has 3 nitrogen and oxygen atoms in total. The molecule has 1 aromatic rings. The van der Waals surface area contributed by atoms with Crippen molar-refractivity contribution in [1.82, 2.24) is 0 Å². The number of benzene rings is 1. The fraction of sp³-hybridized carbons (Fsp3) is 0.400. The molecule has 110 valence electrons. The highest BCUT2D eigenvalue weighted by molar-refractivity contribution is 8.04. The zero-order valence-corrected chi connectivity index (χ0v) is 13.5. The smallest absolute Gasteiger partial charge is 0.308 e. The van der Waals surface area contributed by atoms with Crippen molar-refractivity contribution in [1.29, 1.82) is 0 Å². The van der Waals surface area contributed by atoms with Crippen LogP contribution in [0.1, 0.15) is 27.2 Å². The Morgan fingerprint density at radius 3 is 2.55 bits per heavy atom. The first-order chi connectivity index (χ1) is 9.26. The van der Waals surface area contributed by atoms with Gasteiger partial charge in [0, 0.05) is 10.9 Å². The molecule has 0 aliphatic rings. The van der Waals surface area contributed by atoms with Crippen molar-refractivity contribution in [2.24, 2.45) is 5.73 Å². The molecular formula is C15H20ClNO2S. The highest BCUT2D eigenvalue weighted by Gasteiger charge is 2.18. The van der Waals surface area contributed by atoms with E-state index in [1.54, 1.807) is 6.08 Å². The number of hydrogen-bond donors (Lipinski definition) is 1. The summed E-state index contributed by atoms with van der Waals surface area (Å²) in [6, 6.07) is 9.28. The van der Waals surface area contributed by atoms with Gasteiger partial charge in [-0.05, 0) is 39.0 Å². The van der Waals surface area contributed by atoms with Gasteiger partial charge in [0.1, 0.15) is 5.60 Å². The summed E-state index contributed by atoms with van der Waals surface area (Å²) < 4.78 is 5.76. The molecule has 0 heterocycles. The predicted octanol–water partition coefficient (Wildman–Crippen LogP) is 3.92. The zero-order valence-electron chi connectivity index (χ0n) is 11.9. The number of nitrogens with two attached hydrogens (primary N) is 1. The number of thioether (sulfide) groups is 1. The Morgan fingerprint density at radius 2 is 2.00 bits per heavy atom. The van der Waals surface area contributed by atoms with E-state index in [1.165, 1.54) is 11.8 Å². The standard InChI is InChI=1S/C15H20ClNO2S/c1-15(2,3)19-14(18)10-11(17)9-13(16)20-12-7-5-4-6-8-12/h4-9,11H,10,17H2,1-3H3/b13-9+. The van der Waals surface area contributed by atoms with Crippen LogP contribution < -0.4 is 5.73 Å². The highest BCUT2D eigenvalue weighted by Crippen LogP contribution is 2.29. The van der Waals surface area contributed by atoms with Gasteiger partial charge in [-0.1, -0.05) is 41.6 Å². The van der Waals surface area contributed by atoms with E-state index < -0.39 is 11.6 Å². The monoisotopic (exact) mass is 313 g/mol. The molecule has 0 saturated heterocycles. The summed E-state index contributed by atoms with van der Waals surface area (Å²) in [4.78, 5) is 12.7. The summed E-state index contributed by atoms with van der Waals surface area (Å²) in [5, 5.41) is 0. The molecule has 1 aromatic carbocycles. The van der Waals surface area contributed by atoms with Gasteiger partial charge in [-0.3, -0.25) is 4.79 Å². The van der Waals surface area contributed by atoms with E-state index in [2.05, 4.69) is 0 Å². The van der Waals surface area contributed by atoms with Crippen LogP contribution >= 0.6 is 23.4 Å². The maximum atomic E-state index is 11.6. The van der Waals surface area contributed by atoms with Crippen LogP contribution in [-0.4, -0.2) is 17.6 Å². The van der Waals surface area contributed by atoms with Crippen molar-refractivity contribution < 1.29 is 9.53 Å². The molecule has 0 saturated carbocycles. The molecule has 1 rings (SSSR count). The first-order valence-corrected chi connectivity index (χ1v) is 7.53. The number of esters is 1. The Morgan fingerprint density at radius 1 is 1.40 bits per heavy atom. The van der Waals surface area contributed by atoms with Crippen LogP contribution in [0, 0.1) is 0 Å². The van der Waals surface area contributed by atoms with Crippen LogP contribution in [0.5, 0.6) is 0 Å². The molecule has 0 amide bonds. The second kappa shape index (κ2) is 7.72. The molecule has 0 bridgehead atoms. The lowest BCUT2D eigenvalue weighted by molar-refractivity contribution is -0.154. The van der Waals surface area contributed by atoms with Crippen LogP contribution in [0.15, 0.2) is 45.7 Å². The van der Waals surface area contributed by atoms with Crippen molar-refractivity contribution >= 4 is 29.3 Å². The minimum atomic E-state index is -0.497. The number of carbonyl (C=O) groups is 1. The minimum Gasteiger partial charge on any atom is -0.460 e. The second-order valence-electron chi connectivity index (χ2n) is 5.34. The lowest BCUT2D eigenvalue weighted by Crippen LogP contribution is -2.29. The Hall–Kier alpha value is -0.970. The zero-order chi connectivity index (χ0) is 15.2. The fourth-order valence-corrected chi connectivity index (χ4v) is 2.63. The van der Waals surface area contributed by atoms with Crippen molar-refractivity contribution in [3.8, 4) is 0 Å². The summed E-state index contributed by atoms with van der Waals surface area (Å²) in [7, 11) is 0. The third kappa shape index (κ3) is 7.58. The Balaban J connectivity index is 2.49. The summed E-state index contributed by atoms with van der Waals surface area (Å²) >= 11 is 7.53. The fourth-order valence-electron chi connectivity index (χ4n) is 1.44. The van der Waals surface area contributed by atoms with Crippen LogP contribution in [0.25, 0.3) is 0 Å². The molecular weight excluding hydrogens is 294 g/mol. The van der Waals surface area contributed by atoms with E-state index in [0.29, 0.717) is 4.36 Å². The largest absolute Gasteiger partial charge is 0.460 e. The number of hydrogen-bond acceptors (Lipinski definition) is 4. The van der Waals surface area contributed by atoms with E-state index >= 15 is 0 Å². The molecule has 0 aliphatic heterocycles. The second-order valence-corrected chi connectivity index (χ2v) is 7.09. The van der Waals surface area contributed by atoms with E-state index in [9.17, 15) is 4.79 Å².